The lowest BCUT2D eigenvalue weighted by atomic mass is 9.84. The van der Waals surface area contributed by atoms with Crippen molar-refractivity contribution in [2.75, 3.05) is 6.54 Å². The summed E-state index contributed by atoms with van der Waals surface area (Å²) in [6.45, 7) is 14.0. The first-order valence-electron chi connectivity index (χ1n) is 6.62. The van der Waals surface area contributed by atoms with Crippen molar-refractivity contribution < 1.29 is 4.79 Å². The van der Waals surface area contributed by atoms with Gasteiger partial charge < -0.3 is 4.90 Å². The molecule has 1 amide bonds. The Balaban J connectivity index is 2.94. The minimum Gasteiger partial charge on any atom is -0.337 e. The van der Waals surface area contributed by atoms with E-state index in [0.29, 0.717) is 11.8 Å². The van der Waals surface area contributed by atoms with E-state index in [4.69, 9.17) is 0 Å². The van der Waals surface area contributed by atoms with Crippen molar-refractivity contribution in [2.45, 2.75) is 59.9 Å². The number of nitrogens with zero attached hydrogens (tertiary/aromatic N) is 1. The molecule has 4 atom stereocenters. The van der Waals surface area contributed by atoms with Crippen LogP contribution in [0.15, 0.2) is 0 Å². The van der Waals surface area contributed by atoms with E-state index >= 15 is 0 Å². The van der Waals surface area contributed by atoms with Gasteiger partial charge in [0.15, 0.2) is 0 Å². The second-order valence-corrected chi connectivity index (χ2v) is 5.86. The molecule has 0 aromatic rings. The summed E-state index contributed by atoms with van der Waals surface area (Å²) in [5.74, 6) is 2.26. The number of carbonyl (C=O) groups excluding carboxylic acids is 1. The highest BCUT2D eigenvalue weighted by molar-refractivity contribution is 5.74. The Bertz CT molecular complexity index is 263. The molecule has 0 heterocycles. The van der Waals surface area contributed by atoms with Gasteiger partial charge in [0, 0.05) is 19.0 Å². The molecule has 1 aliphatic rings. The van der Waals surface area contributed by atoms with Crippen LogP contribution in [0.25, 0.3) is 0 Å². The van der Waals surface area contributed by atoms with Crippen LogP contribution in [-0.2, 0) is 4.79 Å². The molecular formula is C14H27NO. The number of hydrogen-bond acceptors (Lipinski definition) is 1. The predicted octanol–water partition coefficient (Wildman–Crippen LogP) is 3.32. The first kappa shape index (κ1) is 13.5. The zero-order chi connectivity index (χ0) is 12.5. The highest BCUT2D eigenvalue weighted by atomic mass is 16.2. The van der Waals surface area contributed by atoms with Gasteiger partial charge in [-0.1, -0.05) is 27.7 Å². The van der Waals surface area contributed by atoms with Crippen molar-refractivity contribution in [3.8, 4) is 0 Å². The van der Waals surface area contributed by atoms with Crippen molar-refractivity contribution >= 4 is 5.91 Å². The van der Waals surface area contributed by atoms with Crippen LogP contribution >= 0.6 is 0 Å². The number of carbonyl (C=O) groups is 1. The van der Waals surface area contributed by atoms with E-state index in [1.165, 1.54) is 0 Å². The fourth-order valence-electron chi connectivity index (χ4n) is 3.43. The Labute approximate surface area is 100 Å². The van der Waals surface area contributed by atoms with Gasteiger partial charge in [0.25, 0.3) is 0 Å². The zero-order valence-corrected chi connectivity index (χ0v) is 11.7. The van der Waals surface area contributed by atoms with Crippen LogP contribution in [0.3, 0.4) is 0 Å². The number of rotatable bonds is 3. The van der Waals surface area contributed by atoms with Crippen molar-refractivity contribution in [3.63, 3.8) is 0 Å². The first-order chi connectivity index (χ1) is 7.34. The standard InChI is InChI=1S/C14H27NO/c1-7-8-15(13(5)16)14(6)9-10(2)11(3)12(14)4/h10-12H,7-9H2,1-6H3/t10-,11-,12?,14?/m1/s1. The summed E-state index contributed by atoms with van der Waals surface area (Å²) in [6.07, 6.45) is 2.19. The molecular weight excluding hydrogens is 198 g/mol. The molecule has 1 aliphatic carbocycles. The Kier molecular flexibility index (Phi) is 4.03. The fraction of sp³-hybridized carbons (Fsp3) is 0.929. The largest absolute Gasteiger partial charge is 0.337 e. The Morgan fingerprint density at radius 3 is 2.25 bits per heavy atom. The summed E-state index contributed by atoms with van der Waals surface area (Å²) >= 11 is 0. The van der Waals surface area contributed by atoms with Crippen LogP contribution in [-0.4, -0.2) is 22.9 Å². The Morgan fingerprint density at radius 2 is 1.94 bits per heavy atom. The van der Waals surface area contributed by atoms with Gasteiger partial charge in [-0.15, -0.1) is 0 Å². The van der Waals surface area contributed by atoms with E-state index in [1.54, 1.807) is 6.92 Å². The molecule has 0 radical (unpaired) electrons. The van der Waals surface area contributed by atoms with E-state index in [9.17, 15) is 4.79 Å². The molecule has 1 saturated carbocycles. The molecule has 0 N–H and O–H groups in total. The third-order valence-electron chi connectivity index (χ3n) is 4.85. The third-order valence-corrected chi connectivity index (χ3v) is 4.85. The molecule has 0 aromatic heterocycles. The topological polar surface area (TPSA) is 20.3 Å². The minimum absolute atomic E-state index is 0.0701. The maximum absolute atomic E-state index is 11.8. The molecule has 1 fully saturated rings. The summed E-state index contributed by atoms with van der Waals surface area (Å²) in [4.78, 5) is 13.9. The van der Waals surface area contributed by atoms with Gasteiger partial charge in [-0.3, -0.25) is 4.79 Å². The normalized spacial score (nSPS) is 38.8. The first-order valence-corrected chi connectivity index (χ1v) is 6.62. The monoisotopic (exact) mass is 225 g/mol. The van der Waals surface area contributed by atoms with Crippen LogP contribution in [0, 0.1) is 17.8 Å². The second kappa shape index (κ2) is 4.77. The van der Waals surface area contributed by atoms with E-state index in [2.05, 4.69) is 39.5 Å². The van der Waals surface area contributed by atoms with E-state index < -0.39 is 0 Å². The highest BCUT2D eigenvalue weighted by Gasteiger charge is 2.48. The lowest BCUT2D eigenvalue weighted by molar-refractivity contribution is -0.136. The average Bonchev–Trinajstić information content (AvgIpc) is 2.39. The molecule has 0 saturated heterocycles. The molecule has 0 aliphatic heterocycles. The number of amides is 1. The zero-order valence-electron chi connectivity index (χ0n) is 11.7. The molecule has 2 unspecified atom stereocenters. The molecule has 94 valence electrons. The van der Waals surface area contributed by atoms with Crippen LogP contribution in [0.5, 0.6) is 0 Å². The van der Waals surface area contributed by atoms with Gasteiger partial charge in [0.1, 0.15) is 0 Å². The third kappa shape index (κ3) is 2.11. The van der Waals surface area contributed by atoms with E-state index in [0.717, 1.165) is 25.3 Å². The van der Waals surface area contributed by atoms with Crippen LogP contribution in [0.1, 0.15) is 54.4 Å². The van der Waals surface area contributed by atoms with E-state index in [1.807, 2.05) is 0 Å². The summed E-state index contributed by atoms with van der Waals surface area (Å²) in [5.41, 5.74) is 0.0701. The average molecular weight is 225 g/mol. The van der Waals surface area contributed by atoms with Gasteiger partial charge in [-0.05, 0) is 37.5 Å². The maximum Gasteiger partial charge on any atom is 0.219 e. The molecule has 2 nitrogen and oxygen atoms in total. The van der Waals surface area contributed by atoms with Crippen LogP contribution in [0.4, 0.5) is 0 Å². The van der Waals surface area contributed by atoms with Crippen molar-refractivity contribution in [3.05, 3.63) is 0 Å². The quantitative estimate of drug-likeness (QED) is 0.721. The highest BCUT2D eigenvalue weighted by Crippen LogP contribution is 2.47. The van der Waals surface area contributed by atoms with Gasteiger partial charge >= 0.3 is 0 Å². The summed E-state index contributed by atoms with van der Waals surface area (Å²) < 4.78 is 0. The van der Waals surface area contributed by atoms with Gasteiger partial charge in [0.05, 0.1) is 0 Å². The summed E-state index contributed by atoms with van der Waals surface area (Å²) in [6, 6.07) is 0. The maximum atomic E-state index is 11.8. The van der Waals surface area contributed by atoms with Crippen LogP contribution < -0.4 is 0 Å². The summed E-state index contributed by atoms with van der Waals surface area (Å²) in [7, 11) is 0. The molecule has 0 spiro atoms. The van der Waals surface area contributed by atoms with Crippen molar-refractivity contribution in [1.29, 1.82) is 0 Å². The molecule has 1 rings (SSSR count). The predicted molar refractivity (Wildman–Crippen MR) is 68.2 cm³/mol. The molecule has 0 aromatic carbocycles. The van der Waals surface area contributed by atoms with Crippen molar-refractivity contribution in [1.82, 2.24) is 4.90 Å². The lowest BCUT2D eigenvalue weighted by Gasteiger charge is -2.42. The molecule has 16 heavy (non-hydrogen) atoms. The number of hydrogen-bond donors (Lipinski definition) is 0. The fourth-order valence-corrected chi connectivity index (χ4v) is 3.43. The minimum atomic E-state index is 0.0701. The smallest absolute Gasteiger partial charge is 0.219 e. The molecule has 0 bridgehead atoms. The van der Waals surface area contributed by atoms with E-state index in [-0.39, 0.29) is 11.4 Å². The Morgan fingerprint density at radius 1 is 1.38 bits per heavy atom. The van der Waals surface area contributed by atoms with Gasteiger partial charge in [0.2, 0.25) is 5.91 Å². The molecule has 2 heteroatoms. The van der Waals surface area contributed by atoms with Crippen LogP contribution in [0.2, 0.25) is 0 Å². The lowest BCUT2D eigenvalue weighted by Crippen LogP contribution is -2.51. The van der Waals surface area contributed by atoms with Gasteiger partial charge in [-0.2, -0.15) is 0 Å². The Hall–Kier alpha value is -0.530. The summed E-state index contributed by atoms with van der Waals surface area (Å²) in [5, 5.41) is 0. The van der Waals surface area contributed by atoms with Gasteiger partial charge in [-0.25, -0.2) is 0 Å². The SMILES string of the molecule is CCCN(C(C)=O)C1(C)C[C@@H](C)[C@@H](C)C1C. The second-order valence-electron chi connectivity index (χ2n) is 5.86. The van der Waals surface area contributed by atoms with Crippen molar-refractivity contribution in [2.24, 2.45) is 17.8 Å².